The summed E-state index contributed by atoms with van der Waals surface area (Å²) in [5.74, 6) is 1.56. The van der Waals surface area contributed by atoms with Gasteiger partial charge in [-0.1, -0.05) is 23.7 Å². The molecule has 3 rings (SSSR count). The van der Waals surface area contributed by atoms with Gasteiger partial charge in [0, 0.05) is 16.8 Å². The van der Waals surface area contributed by atoms with Crippen LogP contribution in [0, 0.1) is 11.3 Å². The molecule has 0 unspecified atom stereocenters. The van der Waals surface area contributed by atoms with Gasteiger partial charge in [0.2, 0.25) is 5.88 Å². The number of halogens is 1. The molecule has 0 saturated carbocycles. The van der Waals surface area contributed by atoms with Crippen molar-refractivity contribution in [1.82, 2.24) is 4.98 Å². The van der Waals surface area contributed by atoms with Gasteiger partial charge in [0.1, 0.15) is 23.1 Å². The number of ether oxygens (including phenoxy) is 2. The number of hydrogen-bond acceptors (Lipinski definition) is 4. The zero-order valence-corrected chi connectivity index (χ0v) is 13.6. The highest BCUT2D eigenvalue weighted by atomic mass is 35.5. The Morgan fingerprint density at radius 3 is 2.25 bits per heavy atom. The quantitative estimate of drug-likeness (QED) is 0.667. The van der Waals surface area contributed by atoms with E-state index in [1.807, 2.05) is 12.1 Å². The second-order valence-electron chi connectivity index (χ2n) is 4.93. The Labute approximate surface area is 144 Å². The molecule has 0 N–H and O–H groups in total. The van der Waals surface area contributed by atoms with Crippen molar-refractivity contribution in [3.63, 3.8) is 0 Å². The zero-order valence-electron chi connectivity index (χ0n) is 12.9. The molecule has 0 bridgehead atoms. The van der Waals surface area contributed by atoms with Crippen LogP contribution in [-0.2, 0) is 0 Å². The van der Waals surface area contributed by atoms with E-state index >= 15 is 0 Å². The Morgan fingerprint density at radius 2 is 1.62 bits per heavy atom. The van der Waals surface area contributed by atoms with E-state index < -0.39 is 0 Å². The van der Waals surface area contributed by atoms with E-state index in [0.29, 0.717) is 16.3 Å². The van der Waals surface area contributed by atoms with Gasteiger partial charge in [0.05, 0.1) is 7.11 Å². The van der Waals surface area contributed by atoms with Crippen LogP contribution in [0.2, 0.25) is 5.02 Å². The van der Waals surface area contributed by atoms with E-state index in [-0.39, 0.29) is 5.88 Å². The van der Waals surface area contributed by atoms with Crippen LogP contribution in [0.1, 0.15) is 5.56 Å². The fraction of sp³-hybridized carbons (Fsp3) is 0.0526. The molecule has 0 spiro atoms. The van der Waals surface area contributed by atoms with Crippen LogP contribution in [0.3, 0.4) is 0 Å². The molecular weight excluding hydrogens is 324 g/mol. The summed E-state index contributed by atoms with van der Waals surface area (Å²) in [5.41, 5.74) is 1.99. The molecule has 0 radical (unpaired) electrons. The first-order chi connectivity index (χ1) is 11.7. The fourth-order valence-electron chi connectivity index (χ4n) is 2.25. The second-order valence-corrected chi connectivity index (χ2v) is 5.37. The molecule has 1 aromatic heterocycles. The van der Waals surface area contributed by atoms with Crippen LogP contribution >= 0.6 is 11.6 Å². The summed E-state index contributed by atoms with van der Waals surface area (Å²) >= 11 is 5.92. The maximum atomic E-state index is 9.56. The molecule has 5 heteroatoms. The van der Waals surface area contributed by atoms with Crippen LogP contribution in [-0.4, -0.2) is 12.1 Å². The number of pyridine rings is 1. The highest BCUT2D eigenvalue weighted by Crippen LogP contribution is 2.32. The van der Waals surface area contributed by atoms with E-state index in [2.05, 4.69) is 11.1 Å². The van der Waals surface area contributed by atoms with Crippen LogP contribution in [0.5, 0.6) is 17.4 Å². The largest absolute Gasteiger partial charge is 0.497 e. The molecule has 118 valence electrons. The molecular formula is C19H13ClN2O2. The highest BCUT2D eigenvalue weighted by molar-refractivity contribution is 6.30. The second kappa shape index (κ2) is 7.03. The SMILES string of the molecule is COc1ccc(Oc2nccc(-c3ccc(Cl)cc3)c2C#N)cc1. The fourth-order valence-corrected chi connectivity index (χ4v) is 2.38. The maximum Gasteiger partial charge on any atom is 0.237 e. The lowest BCUT2D eigenvalue weighted by molar-refractivity contribution is 0.412. The molecule has 3 aromatic rings. The number of nitriles is 1. The number of aromatic nitrogens is 1. The van der Waals surface area contributed by atoms with E-state index in [0.717, 1.165) is 16.9 Å². The van der Waals surface area contributed by atoms with Gasteiger partial charge >= 0.3 is 0 Å². The lowest BCUT2D eigenvalue weighted by atomic mass is 10.0. The number of benzene rings is 2. The summed E-state index contributed by atoms with van der Waals surface area (Å²) in [6, 6.07) is 18.3. The monoisotopic (exact) mass is 336 g/mol. The van der Waals surface area contributed by atoms with E-state index in [1.165, 1.54) is 0 Å². The smallest absolute Gasteiger partial charge is 0.237 e. The minimum atomic E-state index is 0.259. The highest BCUT2D eigenvalue weighted by Gasteiger charge is 2.13. The molecule has 0 amide bonds. The van der Waals surface area contributed by atoms with Crippen molar-refractivity contribution >= 4 is 11.6 Å². The van der Waals surface area contributed by atoms with Crippen molar-refractivity contribution in [3.05, 3.63) is 71.4 Å². The average Bonchev–Trinajstić information content (AvgIpc) is 2.63. The molecule has 1 heterocycles. The minimum absolute atomic E-state index is 0.259. The van der Waals surface area contributed by atoms with Crippen LogP contribution in [0.4, 0.5) is 0 Å². The number of methoxy groups -OCH3 is 1. The number of hydrogen-bond donors (Lipinski definition) is 0. The average molecular weight is 337 g/mol. The third kappa shape index (κ3) is 3.32. The first kappa shape index (κ1) is 15.9. The van der Waals surface area contributed by atoms with Crippen LogP contribution in [0.25, 0.3) is 11.1 Å². The van der Waals surface area contributed by atoms with Crippen molar-refractivity contribution in [2.24, 2.45) is 0 Å². The summed E-state index contributed by atoms with van der Waals surface area (Å²) in [7, 11) is 1.60. The van der Waals surface area contributed by atoms with Gasteiger partial charge in [-0.25, -0.2) is 4.98 Å². The lowest BCUT2D eigenvalue weighted by Crippen LogP contribution is -1.95. The Morgan fingerprint density at radius 1 is 0.958 bits per heavy atom. The summed E-state index contributed by atoms with van der Waals surface area (Å²) in [6.45, 7) is 0. The Bertz CT molecular complexity index is 885. The van der Waals surface area contributed by atoms with Crippen molar-refractivity contribution in [2.75, 3.05) is 7.11 Å². The van der Waals surface area contributed by atoms with Crippen LogP contribution in [0.15, 0.2) is 60.8 Å². The normalized spacial score (nSPS) is 10.0. The van der Waals surface area contributed by atoms with Gasteiger partial charge in [-0.3, -0.25) is 0 Å². The molecule has 0 aliphatic carbocycles. The third-order valence-corrected chi connectivity index (χ3v) is 3.71. The van der Waals surface area contributed by atoms with Gasteiger partial charge in [0.25, 0.3) is 0 Å². The molecule has 0 aliphatic heterocycles. The molecule has 2 aromatic carbocycles. The lowest BCUT2D eigenvalue weighted by Gasteiger charge is -2.10. The van der Waals surface area contributed by atoms with Crippen LogP contribution < -0.4 is 9.47 Å². The molecule has 0 fully saturated rings. The topological polar surface area (TPSA) is 55.1 Å². The molecule has 24 heavy (non-hydrogen) atoms. The maximum absolute atomic E-state index is 9.56. The summed E-state index contributed by atoms with van der Waals surface area (Å²) in [4.78, 5) is 4.19. The third-order valence-electron chi connectivity index (χ3n) is 3.46. The Kier molecular flexibility index (Phi) is 4.64. The van der Waals surface area contributed by atoms with Gasteiger partial charge in [-0.2, -0.15) is 5.26 Å². The summed E-state index contributed by atoms with van der Waals surface area (Å²) < 4.78 is 10.9. The standard InChI is InChI=1S/C19H13ClN2O2/c1-23-15-6-8-16(9-7-15)24-19-18(12-21)17(10-11-22-19)13-2-4-14(20)5-3-13/h2-11H,1H3. The predicted molar refractivity (Wildman–Crippen MR) is 92.5 cm³/mol. The molecule has 0 aliphatic rings. The molecule has 0 atom stereocenters. The van der Waals surface area contributed by atoms with Crippen molar-refractivity contribution in [2.45, 2.75) is 0 Å². The molecule has 0 saturated heterocycles. The predicted octanol–water partition coefficient (Wildman–Crippen LogP) is 5.07. The first-order valence-electron chi connectivity index (χ1n) is 7.18. The zero-order chi connectivity index (χ0) is 16.9. The van der Waals surface area contributed by atoms with Crippen molar-refractivity contribution in [3.8, 4) is 34.6 Å². The summed E-state index contributed by atoms with van der Waals surface area (Å²) in [5, 5.41) is 10.2. The van der Waals surface area contributed by atoms with Crippen molar-refractivity contribution in [1.29, 1.82) is 5.26 Å². The van der Waals surface area contributed by atoms with Crippen molar-refractivity contribution < 1.29 is 9.47 Å². The Hall–Kier alpha value is -3.03. The van der Waals surface area contributed by atoms with Gasteiger partial charge in [-0.15, -0.1) is 0 Å². The number of rotatable bonds is 4. The minimum Gasteiger partial charge on any atom is -0.497 e. The summed E-state index contributed by atoms with van der Waals surface area (Å²) in [6.07, 6.45) is 1.61. The van der Waals surface area contributed by atoms with Gasteiger partial charge in [0.15, 0.2) is 0 Å². The van der Waals surface area contributed by atoms with Gasteiger partial charge in [-0.05, 0) is 48.0 Å². The molecule has 4 nitrogen and oxygen atoms in total. The Balaban J connectivity index is 1.98. The van der Waals surface area contributed by atoms with E-state index in [4.69, 9.17) is 21.1 Å². The van der Waals surface area contributed by atoms with E-state index in [1.54, 1.807) is 55.8 Å². The first-order valence-corrected chi connectivity index (χ1v) is 7.56. The number of nitrogens with zero attached hydrogens (tertiary/aromatic N) is 2. The van der Waals surface area contributed by atoms with Gasteiger partial charge < -0.3 is 9.47 Å². The van der Waals surface area contributed by atoms with E-state index in [9.17, 15) is 5.26 Å².